The lowest BCUT2D eigenvalue weighted by Crippen LogP contribution is -2.33. The summed E-state index contributed by atoms with van der Waals surface area (Å²) in [7, 11) is 0. The van der Waals surface area contributed by atoms with Gasteiger partial charge in [0.05, 0.1) is 0 Å². The van der Waals surface area contributed by atoms with Crippen LogP contribution in [0, 0.1) is 5.92 Å². The zero-order chi connectivity index (χ0) is 12.0. The van der Waals surface area contributed by atoms with Crippen LogP contribution in [0.2, 0.25) is 0 Å². The van der Waals surface area contributed by atoms with Crippen molar-refractivity contribution in [3.8, 4) is 0 Å². The van der Waals surface area contributed by atoms with Gasteiger partial charge in [-0.2, -0.15) is 0 Å². The second kappa shape index (κ2) is 6.66. The van der Waals surface area contributed by atoms with E-state index < -0.39 is 0 Å². The van der Waals surface area contributed by atoms with Crippen LogP contribution in [0.5, 0.6) is 0 Å². The fourth-order valence-electron chi connectivity index (χ4n) is 1.60. The molecule has 16 heavy (non-hydrogen) atoms. The van der Waals surface area contributed by atoms with E-state index in [9.17, 15) is 4.79 Å². The fourth-order valence-corrected chi connectivity index (χ4v) is 2.57. The molecule has 1 aromatic rings. The van der Waals surface area contributed by atoms with Gasteiger partial charge in [-0.25, -0.2) is 0 Å². The van der Waals surface area contributed by atoms with Crippen LogP contribution in [0.3, 0.4) is 0 Å². The summed E-state index contributed by atoms with van der Waals surface area (Å²) in [4.78, 5) is 12.1. The molecule has 90 valence electrons. The molecule has 1 heterocycles. The van der Waals surface area contributed by atoms with E-state index in [0.29, 0.717) is 18.5 Å². The van der Waals surface area contributed by atoms with Crippen LogP contribution >= 0.6 is 11.3 Å². The molecule has 1 atom stereocenters. The normalized spacial score (nSPS) is 12.8. The molecule has 2 N–H and O–H groups in total. The third-order valence-corrected chi connectivity index (χ3v) is 3.33. The second-order valence-corrected chi connectivity index (χ2v) is 5.15. The highest BCUT2D eigenvalue weighted by molar-refractivity contribution is 7.10. The molecule has 0 bridgehead atoms. The van der Waals surface area contributed by atoms with Gasteiger partial charge in [-0.1, -0.05) is 19.9 Å². The van der Waals surface area contributed by atoms with Crippen molar-refractivity contribution in [1.82, 2.24) is 10.6 Å². The Morgan fingerprint density at radius 1 is 1.44 bits per heavy atom. The highest BCUT2D eigenvalue weighted by Gasteiger charge is 2.15. The zero-order valence-electron chi connectivity index (χ0n) is 10.1. The topological polar surface area (TPSA) is 41.1 Å². The van der Waals surface area contributed by atoms with Gasteiger partial charge in [0.15, 0.2) is 0 Å². The minimum absolute atomic E-state index is 0.0269. The number of nitrogens with one attached hydrogen (secondary N) is 2. The zero-order valence-corrected chi connectivity index (χ0v) is 10.9. The van der Waals surface area contributed by atoms with Crippen LogP contribution in [0.15, 0.2) is 17.5 Å². The Kier molecular flexibility index (Phi) is 5.49. The first-order valence-electron chi connectivity index (χ1n) is 5.62. The first-order chi connectivity index (χ1) is 7.61. The van der Waals surface area contributed by atoms with Gasteiger partial charge >= 0.3 is 0 Å². The lowest BCUT2D eigenvalue weighted by molar-refractivity contribution is -0.118. The van der Waals surface area contributed by atoms with Crippen molar-refractivity contribution in [3.63, 3.8) is 0 Å². The smallest absolute Gasteiger partial charge is 0.216 e. The van der Waals surface area contributed by atoms with E-state index in [1.54, 1.807) is 18.3 Å². The van der Waals surface area contributed by atoms with Crippen molar-refractivity contribution < 1.29 is 4.79 Å². The predicted molar refractivity (Wildman–Crippen MR) is 68.6 cm³/mol. The van der Waals surface area contributed by atoms with Gasteiger partial charge in [0.25, 0.3) is 0 Å². The molecule has 0 aromatic carbocycles. The largest absolute Gasteiger partial charge is 0.355 e. The van der Waals surface area contributed by atoms with E-state index in [1.807, 2.05) is 0 Å². The van der Waals surface area contributed by atoms with E-state index in [2.05, 4.69) is 42.0 Å². The quantitative estimate of drug-likeness (QED) is 0.748. The van der Waals surface area contributed by atoms with E-state index in [-0.39, 0.29) is 5.91 Å². The van der Waals surface area contributed by atoms with Crippen LogP contribution in [0.4, 0.5) is 0 Å². The number of thiophene rings is 1. The summed E-state index contributed by atoms with van der Waals surface area (Å²) < 4.78 is 0. The van der Waals surface area contributed by atoms with Gasteiger partial charge in [0.1, 0.15) is 0 Å². The van der Waals surface area contributed by atoms with Crippen molar-refractivity contribution in [3.05, 3.63) is 22.4 Å². The number of hydrogen-bond donors (Lipinski definition) is 2. The SMILES string of the molecule is CC(=O)NCCNC(c1cccs1)C(C)C. The second-order valence-electron chi connectivity index (χ2n) is 4.17. The molecular formula is C12H20N2OS. The van der Waals surface area contributed by atoms with Crippen molar-refractivity contribution in [2.24, 2.45) is 5.92 Å². The number of hydrogen-bond acceptors (Lipinski definition) is 3. The summed E-state index contributed by atoms with van der Waals surface area (Å²) in [6.07, 6.45) is 0. The van der Waals surface area contributed by atoms with Crippen LogP contribution in [0.25, 0.3) is 0 Å². The first kappa shape index (κ1) is 13.2. The lowest BCUT2D eigenvalue weighted by Gasteiger charge is -2.21. The molecule has 0 fully saturated rings. The van der Waals surface area contributed by atoms with Crippen LogP contribution < -0.4 is 10.6 Å². The van der Waals surface area contributed by atoms with Gasteiger partial charge in [-0.15, -0.1) is 11.3 Å². The van der Waals surface area contributed by atoms with E-state index in [0.717, 1.165) is 6.54 Å². The molecule has 0 spiro atoms. The van der Waals surface area contributed by atoms with E-state index >= 15 is 0 Å². The Hall–Kier alpha value is -0.870. The Balaban J connectivity index is 2.38. The minimum Gasteiger partial charge on any atom is -0.355 e. The predicted octanol–water partition coefficient (Wildman–Crippen LogP) is 2.17. The Labute approximate surface area is 101 Å². The molecule has 0 aliphatic heterocycles. The maximum Gasteiger partial charge on any atom is 0.216 e. The number of amides is 1. The molecule has 0 saturated heterocycles. The molecule has 1 aromatic heterocycles. The van der Waals surface area contributed by atoms with Gasteiger partial charge in [0, 0.05) is 30.9 Å². The van der Waals surface area contributed by atoms with Crippen molar-refractivity contribution >= 4 is 17.2 Å². The lowest BCUT2D eigenvalue weighted by atomic mass is 10.0. The summed E-state index contributed by atoms with van der Waals surface area (Å²) in [6.45, 7) is 7.44. The average Bonchev–Trinajstić information content (AvgIpc) is 2.69. The van der Waals surface area contributed by atoms with Gasteiger partial charge in [-0.05, 0) is 17.4 Å². The van der Waals surface area contributed by atoms with Crippen molar-refractivity contribution in [1.29, 1.82) is 0 Å². The van der Waals surface area contributed by atoms with Gasteiger partial charge in [-0.3, -0.25) is 4.79 Å². The Bertz CT molecular complexity index is 309. The van der Waals surface area contributed by atoms with E-state index in [4.69, 9.17) is 0 Å². The van der Waals surface area contributed by atoms with Crippen LogP contribution in [0.1, 0.15) is 31.7 Å². The summed E-state index contributed by atoms with van der Waals surface area (Å²) in [5.41, 5.74) is 0. The highest BCUT2D eigenvalue weighted by Crippen LogP contribution is 2.25. The van der Waals surface area contributed by atoms with Crippen LogP contribution in [-0.4, -0.2) is 19.0 Å². The molecular weight excluding hydrogens is 220 g/mol. The molecule has 0 saturated carbocycles. The van der Waals surface area contributed by atoms with Gasteiger partial charge in [0.2, 0.25) is 5.91 Å². The highest BCUT2D eigenvalue weighted by atomic mass is 32.1. The van der Waals surface area contributed by atoms with Crippen molar-refractivity contribution in [2.75, 3.05) is 13.1 Å². The monoisotopic (exact) mass is 240 g/mol. The third-order valence-electron chi connectivity index (χ3n) is 2.38. The number of rotatable bonds is 6. The number of carbonyl (C=O) groups is 1. The molecule has 0 aliphatic rings. The molecule has 0 radical (unpaired) electrons. The Morgan fingerprint density at radius 3 is 2.69 bits per heavy atom. The summed E-state index contributed by atoms with van der Waals surface area (Å²) in [5.74, 6) is 0.579. The standard InChI is InChI=1S/C12H20N2OS/c1-9(2)12(11-5-4-8-16-11)14-7-6-13-10(3)15/h4-5,8-9,12,14H,6-7H2,1-3H3,(H,13,15). The Morgan fingerprint density at radius 2 is 2.19 bits per heavy atom. The molecule has 1 amide bonds. The summed E-state index contributed by atoms with van der Waals surface area (Å²) >= 11 is 1.77. The molecule has 1 unspecified atom stereocenters. The van der Waals surface area contributed by atoms with Gasteiger partial charge < -0.3 is 10.6 Å². The first-order valence-corrected chi connectivity index (χ1v) is 6.50. The number of carbonyl (C=O) groups excluding carboxylic acids is 1. The molecule has 4 heteroatoms. The fraction of sp³-hybridized carbons (Fsp3) is 0.583. The average molecular weight is 240 g/mol. The minimum atomic E-state index is 0.0269. The summed E-state index contributed by atoms with van der Waals surface area (Å²) in [5, 5.41) is 8.36. The molecule has 0 aliphatic carbocycles. The molecule has 1 rings (SSSR count). The van der Waals surface area contributed by atoms with Crippen LogP contribution in [-0.2, 0) is 4.79 Å². The maximum atomic E-state index is 10.7. The van der Waals surface area contributed by atoms with E-state index in [1.165, 1.54) is 4.88 Å². The molecule has 3 nitrogen and oxygen atoms in total. The maximum absolute atomic E-state index is 10.7. The van der Waals surface area contributed by atoms with Crippen molar-refractivity contribution in [2.45, 2.75) is 26.8 Å². The third kappa shape index (κ3) is 4.33. The summed E-state index contributed by atoms with van der Waals surface area (Å²) in [6, 6.07) is 4.61.